The molecule has 0 fully saturated rings. The molecule has 0 bridgehead atoms. The lowest BCUT2D eigenvalue weighted by atomic mass is 10.1. The summed E-state index contributed by atoms with van der Waals surface area (Å²) in [5.41, 5.74) is 3.60. The third-order valence-corrected chi connectivity index (χ3v) is 4.96. The molecular weight excluding hydrogens is 459 g/mol. The zero-order valence-corrected chi connectivity index (χ0v) is 19.1. The van der Waals surface area contributed by atoms with E-state index in [4.69, 9.17) is 4.74 Å². The molecule has 26 heavy (non-hydrogen) atoms. The van der Waals surface area contributed by atoms with Gasteiger partial charge < -0.3 is 15.4 Å². The van der Waals surface area contributed by atoms with Gasteiger partial charge in [-0.15, -0.1) is 35.3 Å². The summed E-state index contributed by atoms with van der Waals surface area (Å²) in [6, 6.07) is 6.26. The Labute approximate surface area is 177 Å². The van der Waals surface area contributed by atoms with Gasteiger partial charge in [-0.05, 0) is 31.4 Å². The number of benzene rings is 1. The van der Waals surface area contributed by atoms with Gasteiger partial charge in [0.05, 0.1) is 17.8 Å². The average Bonchev–Trinajstić information content (AvgIpc) is 3.08. The van der Waals surface area contributed by atoms with Gasteiger partial charge in [-0.25, -0.2) is 4.98 Å². The largest absolute Gasteiger partial charge is 0.496 e. The van der Waals surface area contributed by atoms with Crippen molar-refractivity contribution >= 4 is 41.3 Å². The van der Waals surface area contributed by atoms with Crippen LogP contribution in [0.5, 0.6) is 5.75 Å². The Hall–Kier alpha value is -1.35. The molecule has 0 aliphatic carbocycles. The highest BCUT2D eigenvalue weighted by molar-refractivity contribution is 14.0. The maximum absolute atomic E-state index is 5.43. The molecule has 0 atom stereocenters. The van der Waals surface area contributed by atoms with E-state index in [9.17, 15) is 0 Å². The first kappa shape index (κ1) is 22.7. The molecule has 0 saturated heterocycles. The Morgan fingerprint density at radius 2 is 1.96 bits per heavy atom. The summed E-state index contributed by atoms with van der Waals surface area (Å²) < 4.78 is 5.43. The number of rotatable bonds is 8. The maximum atomic E-state index is 5.43. The van der Waals surface area contributed by atoms with E-state index < -0.39 is 0 Å². The van der Waals surface area contributed by atoms with Gasteiger partial charge in [-0.1, -0.05) is 24.6 Å². The van der Waals surface area contributed by atoms with Crippen molar-refractivity contribution < 1.29 is 4.74 Å². The van der Waals surface area contributed by atoms with Crippen molar-refractivity contribution in [3.05, 3.63) is 45.4 Å². The number of methoxy groups -OCH3 is 1. The molecule has 1 aromatic heterocycles. The number of guanidine groups is 1. The predicted molar refractivity (Wildman–Crippen MR) is 121 cm³/mol. The highest BCUT2D eigenvalue weighted by atomic mass is 127. The van der Waals surface area contributed by atoms with E-state index in [0.29, 0.717) is 0 Å². The molecule has 0 unspecified atom stereocenters. The van der Waals surface area contributed by atoms with Crippen LogP contribution in [0, 0.1) is 6.92 Å². The minimum Gasteiger partial charge on any atom is -0.496 e. The minimum atomic E-state index is 0. The van der Waals surface area contributed by atoms with Crippen molar-refractivity contribution in [1.82, 2.24) is 15.6 Å². The number of ether oxygens (including phenoxy) is 1. The summed E-state index contributed by atoms with van der Waals surface area (Å²) >= 11 is 1.73. The van der Waals surface area contributed by atoms with E-state index in [2.05, 4.69) is 52.0 Å². The first-order valence-corrected chi connectivity index (χ1v) is 9.55. The van der Waals surface area contributed by atoms with E-state index in [1.54, 1.807) is 25.5 Å². The molecule has 2 N–H and O–H groups in total. The minimum absolute atomic E-state index is 0. The third kappa shape index (κ3) is 7.11. The second kappa shape index (κ2) is 12.1. The molecule has 0 spiro atoms. The van der Waals surface area contributed by atoms with Crippen LogP contribution in [0.1, 0.15) is 28.8 Å². The van der Waals surface area contributed by atoms with Crippen LogP contribution in [0.15, 0.2) is 28.6 Å². The quantitative estimate of drug-likeness (QED) is 0.339. The van der Waals surface area contributed by atoms with Crippen LogP contribution >= 0.6 is 35.3 Å². The first-order chi connectivity index (χ1) is 12.2. The lowest BCUT2D eigenvalue weighted by Gasteiger charge is -2.13. The summed E-state index contributed by atoms with van der Waals surface area (Å²) in [6.07, 6.45) is 2.80. The summed E-state index contributed by atoms with van der Waals surface area (Å²) in [7, 11) is 3.51. The van der Waals surface area contributed by atoms with E-state index in [0.717, 1.165) is 49.8 Å². The molecule has 2 rings (SSSR count). The topological polar surface area (TPSA) is 58.5 Å². The Morgan fingerprint density at radius 3 is 2.58 bits per heavy atom. The second-order valence-electron chi connectivity index (χ2n) is 5.83. The smallest absolute Gasteiger partial charge is 0.190 e. The number of hydrogen-bond donors (Lipinski definition) is 2. The normalized spacial score (nSPS) is 11.0. The Balaban J connectivity index is 0.00000338. The predicted octanol–water partition coefficient (Wildman–Crippen LogP) is 3.59. The highest BCUT2D eigenvalue weighted by Crippen LogP contribution is 2.19. The zero-order valence-electron chi connectivity index (χ0n) is 16.0. The van der Waals surface area contributed by atoms with Crippen molar-refractivity contribution in [2.75, 3.05) is 27.2 Å². The Kier molecular flexibility index (Phi) is 10.6. The lowest BCUT2D eigenvalue weighted by molar-refractivity contribution is 0.409. The molecule has 2 aromatic rings. The number of halogens is 1. The average molecular weight is 488 g/mol. The molecule has 0 aliphatic rings. The second-order valence-corrected chi connectivity index (χ2v) is 6.77. The molecule has 0 radical (unpaired) electrons. The van der Waals surface area contributed by atoms with Gasteiger partial charge in [0.1, 0.15) is 5.75 Å². The molecule has 0 saturated carbocycles. The molecule has 0 aliphatic heterocycles. The fourth-order valence-corrected chi connectivity index (χ4v) is 3.35. The van der Waals surface area contributed by atoms with Gasteiger partial charge >= 0.3 is 0 Å². The number of nitrogens with one attached hydrogen (secondary N) is 2. The van der Waals surface area contributed by atoms with Gasteiger partial charge in [-0.3, -0.25) is 4.99 Å². The van der Waals surface area contributed by atoms with Crippen LogP contribution in [0.4, 0.5) is 0 Å². The summed E-state index contributed by atoms with van der Waals surface area (Å²) in [6.45, 7) is 5.85. The van der Waals surface area contributed by atoms with Crippen LogP contribution < -0.4 is 15.4 Å². The molecule has 7 heteroatoms. The fraction of sp³-hybridized carbons (Fsp3) is 0.474. The molecule has 5 nitrogen and oxygen atoms in total. The third-order valence-electron chi connectivity index (χ3n) is 3.92. The van der Waals surface area contributed by atoms with Crippen molar-refractivity contribution in [3.63, 3.8) is 0 Å². The number of aromatic nitrogens is 1. The summed E-state index contributed by atoms with van der Waals surface area (Å²) in [5.74, 6) is 1.75. The van der Waals surface area contributed by atoms with Crippen LogP contribution in [-0.2, 0) is 19.3 Å². The maximum Gasteiger partial charge on any atom is 0.190 e. The number of hydrogen-bond acceptors (Lipinski definition) is 4. The lowest BCUT2D eigenvalue weighted by Crippen LogP contribution is -2.39. The molecule has 0 amide bonds. The van der Waals surface area contributed by atoms with Gasteiger partial charge in [0.25, 0.3) is 0 Å². The fourth-order valence-electron chi connectivity index (χ4n) is 2.57. The van der Waals surface area contributed by atoms with E-state index in [1.807, 2.05) is 6.07 Å². The zero-order chi connectivity index (χ0) is 18.1. The SMILES string of the molecule is CCc1nc(CCNC(=NC)NCCc2cc(C)ccc2OC)cs1.I. The number of nitrogens with zero attached hydrogens (tertiary/aromatic N) is 2. The van der Waals surface area contributed by atoms with E-state index in [1.165, 1.54) is 16.1 Å². The van der Waals surface area contributed by atoms with E-state index in [-0.39, 0.29) is 24.0 Å². The molecule has 144 valence electrons. The van der Waals surface area contributed by atoms with Crippen molar-refractivity contribution in [3.8, 4) is 5.75 Å². The summed E-state index contributed by atoms with van der Waals surface area (Å²) in [5, 5.41) is 10.0. The number of aryl methyl sites for hydroxylation is 2. The van der Waals surface area contributed by atoms with Gasteiger partial charge in [-0.2, -0.15) is 0 Å². The van der Waals surface area contributed by atoms with Crippen LogP contribution in [0.25, 0.3) is 0 Å². The Bertz CT molecular complexity index is 703. The van der Waals surface area contributed by atoms with Gasteiger partial charge in [0.2, 0.25) is 0 Å². The van der Waals surface area contributed by atoms with Gasteiger partial charge in [0.15, 0.2) is 5.96 Å². The van der Waals surface area contributed by atoms with Crippen LogP contribution in [0.2, 0.25) is 0 Å². The monoisotopic (exact) mass is 488 g/mol. The molecular formula is C19H29IN4OS. The van der Waals surface area contributed by atoms with E-state index >= 15 is 0 Å². The summed E-state index contributed by atoms with van der Waals surface area (Å²) in [4.78, 5) is 8.86. The highest BCUT2D eigenvalue weighted by Gasteiger charge is 2.05. The molecule has 1 aromatic carbocycles. The Morgan fingerprint density at radius 1 is 1.23 bits per heavy atom. The van der Waals surface area contributed by atoms with Crippen LogP contribution in [0.3, 0.4) is 0 Å². The molecule has 1 heterocycles. The standard InChI is InChI=1S/C19H28N4OS.HI/c1-5-18-23-16(13-25-18)9-11-22-19(20-3)21-10-8-15-12-14(2)6-7-17(15)24-4;/h6-7,12-13H,5,8-11H2,1-4H3,(H2,20,21,22);1H. The number of aliphatic imine (C=N–C) groups is 1. The van der Waals surface area contributed by atoms with Crippen molar-refractivity contribution in [1.29, 1.82) is 0 Å². The van der Waals surface area contributed by atoms with Crippen molar-refractivity contribution in [2.45, 2.75) is 33.1 Å². The van der Waals surface area contributed by atoms with Gasteiger partial charge in [0, 0.05) is 31.9 Å². The van der Waals surface area contributed by atoms with Crippen LogP contribution in [-0.4, -0.2) is 38.2 Å². The number of thiazole rings is 1. The first-order valence-electron chi connectivity index (χ1n) is 8.67. The van der Waals surface area contributed by atoms with Crippen molar-refractivity contribution in [2.24, 2.45) is 4.99 Å².